The van der Waals surface area contributed by atoms with Crippen LogP contribution < -0.4 is 5.32 Å². The van der Waals surface area contributed by atoms with Gasteiger partial charge in [0.2, 0.25) is 0 Å². The van der Waals surface area contributed by atoms with E-state index >= 15 is 0 Å². The van der Waals surface area contributed by atoms with Crippen LogP contribution in [-0.4, -0.2) is 44.2 Å². The highest BCUT2D eigenvalue weighted by Gasteiger charge is 2.41. The van der Waals surface area contributed by atoms with E-state index in [4.69, 9.17) is 4.74 Å². The van der Waals surface area contributed by atoms with E-state index < -0.39 is 5.54 Å². The molecule has 1 aromatic rings. The van der Waals surface area contributed by atoms with Gasteiger partial charge >= 0.3 is 5.97 Å². The number of nitrogens with one attached hydrogen (secondary N) is 1. The lowest BCUT2D eigenvalue weighted by molar-refractivity contribution is -0.152. The molecule has 0 aliphatic carbocycles. The highest BCUT2D eigenvalue weighted by molar-refractivity contribution is 5.82. The van der Waals surface area contributed by atoms with E-state index in [0.717, 1.165) is 12.1 Å². The summed E-state index contributed by atoms with van der Waals surface area (Å²) >= 11 is 0. The van der Waals surface area contributed by atoms with Crippen LogP contribution >= 0.6 is 0 Å². The molecule has 1 aromatic carbocycles. The largest absolute Gasteiger partial charge is 0.464 e. The van der Waals surface area contributed by atoms with Crippen molar-refractivity contribution in [2.75, 3.05) is 27.2 Å². The number of hydrogen-bond acceptors (Lipinski definition) is 4. The van der Waals surface area contributed by atoms with Gasteiger partial charge in [-0.3, -0.25) is 5.32 Å². The van der Waals surface area contributed by atoms with Crippen molar-refractivity contribution < 1.29 is 9.53 Å². The Balaban J connectivity index is 3.22. The molecule has 4 heteroatoms. The van der Waals surface area contributed by atoms with Gasteiger partial charge < -0.3 is 9.64 Å². The monoisotopic (exact) mass is 292 g/mol. The Labute approximate surface area is 128 Å². The summed E-state index contributed by atoms with van der Waals surface area (Å²) in [5, 5.41) is 3.45. The summed E-state index contributed by atoms with van der Waals surface area (Å²) in [6, 6.07) is 10.0. The van der Waals surface area contributed by atoms with Crippen molar-refractivity contribution in [2.45, 2.75) is 38.8 Å². The molecule has 0 heterocycles. The molecule has 0 saturated carbocycles. The van der Waals surface area contributed by atoms with Crippen molar-refractivity contribution in [3.63, 3.8) is 0 Å². The number of carbonyl (C=O) groups excluding carboxylic acids is 1. The van der Waals surface area contributed by atoms with Gasteiger partial charge in [-0.25, -0.2) is 4.79 Å². The van der Waals surface area contributed by atoms with E-state index in [0.29, 0.717) is 13.0 Å². The quantitative estimate of drug-likeness (QED) is 0.747. The van der Waals surface area contributed by atoms with Crippen LogP contribution in [0.2, 0.25) is 0 Å². The van der Waals surface area contributed by atoms with E-state index in [-0.39, 0.29) is 12.0 Å². The fraction of sp³-hybridized carbons (Fsp3) is 0.588. The molecule has 0 spiro atoms. The second-order valence-corrected chi connectivity index (χ2v) is 5.84. The summed E-state index contributed by atoms with van der Waals surface area (Å²) in [4.78, 5) is 14.8. The second-order valence-electron chi connectivity index (χ2n) is 5.84. The fourth-order valence-corrected chi connectivity index (χ4v) is 2.44. The molecule has 1 atom stereocenters. The molecule has 1 unspecified atom stereocenters. The molecule has 0 aliphatic heterocycles. The molecule has 21 heavy (non-hydrogen) atoms. The van der Waals surface area contributed by atoms with Crippen molar-refractivity contribution in [1.82, 2.24) is 10.2 Å². The Bertz CT molecular complexity index is 432. The van der Waals surface area contributed by atoms with Gasteiger partial charge in [-0.1, -0.05) is 30.3 Å². The van der Waals surface area contributed by atoms with Gasteiger partial charge in [0.05, 0.1) is 6.61 Å². The molecule has 0 aromatic heterocycles. The molecule has 0 bridgehead atoms. The summed E-state index contributed by atoms with van der Waals surface area (Å²) in [6.45, 7) is 7.12. The first-order valence-electron chi connectivity index (χ1n) is 7.57. The number of esters is 1. The van der Waals surface area contributed by atoms with Crippen LogP contribution in [0.15, 0.2) is 30.3 Å². The van der Waals surface area contributed by atoms with Crippen molar-refractivity contribution in [3.05, 3.63) is 35.9 Å². The minimum atomic E-state index is -0.796. The lowest BCUT2D eigenvalue weighted by Gasteiger charge is -2.35. The average molecular weight is 292 g/mol. The third-order valence-electron chi connectivity index (χ3n) is 3.36. The van der Waals surface area contributed by atoms with Crippen molar-refractivity contribution in [3.8, 4) is 0 Å². The molecular weight excluding hydrogens is 264 g/mol. The van der Waals surface area contributed by atoms with E-state index in [1.54, 1.807) is 0 Å². The first-order chi connectivity index (χ1) is 9.92. The van der Waals surface area contributed by atoms with Gasteiger partial charge in [-0.15, -0.1) is 0 Å². The number of ether oxygens (including phenoxy) is 1. The number of hydrogen-bond donors (Lipinski definition) is 1. The van der Waals surface area contributed by atoms with Crippen molar-refractivity contribution >= 4 is 5.97 Å². The van der Waals surface area contributed by atoms with Crippen LogP contribution in [0.3, 0.4) is 0 Å². The van der Waals surface area contributed by atoms with Crippen LogP contribution in [0, 0.1) is 0 Å². The molecule has 0 amide bonds. The molecule has 0 fully saturated rings. The highest BCUT2D eigenvalue weighted by Crippen LogP contribution is 2.28. The molecule has 4 nitrogen and oxygen atoms in total. The topological polar surface area (TPSA) is 41.6 Å². The van der Waals surface area contributed by atoms with Crippen molar-refractivity contribution in [1.29, 1.82) is 0 Å². The number of nitrogens with zero attached hydrogens (tertiary/aromatic N) is 1. The van der Waals surface area contributed by atoms with Gasteiger partial charge in [0.1, 0.15) is 5.54 Å². The smallest absolute Gasteiger partial charge is 0.331 e. The second kappa shape index (κ2) is 8.15. The maximum absolute atomic E-state index is 12.7. The molecule has 1 N–H and O–H groups in total. The maximum atomic E-state index is 12.7. The molecule has 0 aliphatic rings. The normalized spacial score (nSPS) is 14.2. The summed E-state index contributed by atoms with van der Waals surface area (Å²) in [5.74, 6) is -0.202. The predicted molar refractivity (Wildman–Crippen MR) is 86.2 cm³/mol. The van der Waals surface area contributed by atoms with Gasteiger partial charge in [0, 0.05) is 12.6 Å². The molecule has 0 saturated heterocycles. The third-order valence-corrected chi connectivity index (χ3v) is 3.36. The summed E-state index contributed by atoms with van der Waals surface area (Å²) in [7, 11) is 4.02. The number of benzene rings is 1. The Morgan fingerprint density at radius 3 is 2.38 bits per heavy atom. The molecule has 1 rings (SSSR count). The van der Waals surface area contributed by atoms with Gasteiger partial charge in [-0.2, -0.15) is 0 Å². The van der Waals surface area contributed by atoms with E-state index in [2.05, 4.69) is 10.2 Å². The summed E-state index contributed by atoms with van der Waals surface area (Å²) in [5.41, 5.74) is 0.161. The van der Waals surface area contributed by atoms with Gasteiger partial charge in [0.25, 0.3) is 0 Å². The van der Waals surface area contributed by atoms with Crippen LogP contribution in [0.1, 0.15) is 32.8 Å². The summed E-state index contributed by atoms with van der Waals surface area (Å²) < 4.78 is 5.38. The summed E-state index contributed by atoms with van der Waals surface area (Å²) in [6.07, 6.45) is 0.668. The van der Waals surface area contributed by atoms with Gasteiger partial charge in [0.15, 0.2) is 0 Å². The average Bonchev–Trinajstić information content (AvgIpc) is 2.44. The van der Waals surface area contributed by atoms with Crippen LogP contribution in [0.25, 0.3) is 0 Å². The maximum Gasteiger partial charge on any atom is 0.331 e. The number of carbonyl (C=O) groups is 1. The fourth-order valence-electron chi connectivity index (χ4n) is 2.44. The number of rotatable bonds is 8. The Morgan fingerprint density at radius 2 is 1.90 bits per heavy atom. The first-order valence-corrected chi connectivity index (χ1v) is 7.57. The Kier molecular flexibility index (Phi) is 6.85. The lowest BCUT2D eigenvalue weighted by Crippen LogP contribution is -2.54. The highest BCUT2D eigenvalue weighted by atomic mass is 16.5. The molecule has 0 radical (unpaired) electrons. The zero-order chi connectivity index (χ0) is 15.9. The first kappa shape index (κ1) is 17.7. The van der Waals surface area contributed by atoms with Crippen LogP contribution in [-0.2, 0) is 15.1 Å². The molecule has 118 valence electrons. The van der Waals surface area contributed by atoms with Crippen LogP contribution in [0.4, 0.5) is 0 Å². The zero-order valence-electron chi connectivity index (χ0n) is 13.8. The molecular formula is C17H28N2O2. The lowest BCUT2D eigenvalue weighted by atomic mass is 9.85. The SMILES string of the molecule is CCOC(=O)C(CCN(C)C)(NC(C)C)c1ccccc1. The standard InChI is InChI=1S/C17H28N2O2/c1-6-21-16(20)17(18-14(2)3,12-13-19(4)5)15-10-8-7-9-11-15/h7-11,14,18H,6,12-13H2,1-5H3. The van der Waals surface area contributed by atoms with Crippen LogP contribution in [0.5, 0.6) is 0 Å². The van der Waals surface area contributed by atoms with E-state index in [9.17, 15) is 4.79 Å². The minimum Gasteiger partial charge on any atom is -0.464 e. The van der Waals surface area contributed by atoms with Gasteiger partial charge in [-0.05, 0) is 46.9 Å². The predicted octanol–water partition coefficient (Wildman–Crippen LogP) is 2.39. The minimum absolute atomic E-state index is 0.178. The Morgan fingerprint density at radius 1 is 1.29 bits per heavy atom. The van der Waals surface area contributed by atoms with E-state index in [1.165, 1.54) is 0 Å². The Hall–Kier alpha value is -1.39. The third kappa shape index (κ3) is 4.83. The van der Waals surface area contributed by atoms with Crippen molar-refractivity contribution in [2.24, 2.45) is 0 Å². The zero-order valence-corrected chi connectivity index (χ0v) is 13.8. The van der Waals surface area contributed by atoms with E-state index in [1.807, 2.05) is 65.2 Å².